The van der Waals surface area contributed by atoms with E-state index in [1.165, 1.54) is 0 Å². The molecule has 4 rings (SSSR count). The van der Waals surface area contributed by atoms with E-state index >= 15 is 0 Å². The van der Waals surface area contributed by atoms with Crippen LogP contribution in [0, 0.1) is 0 Å². The van der Waals surface area contributed by atoms with E-state index < -0.39 is 0 Å². The molecule has 0 radical (unpaired) electrons. The Morgan fingerprint density at radius 3 is 2.12 bits per heavy atom. The van der Waals surface area contributed by atoms with Crippen LogP contribution in [0.1, 0.15) is 16.7 Å². The quantitative estimate of drug-likeness (QED) is 0.638. The monoisotopic (exact) mass is 311 g/mol. The maximum Gasteiger partial charge on any atom is 0.259 e. The summed E-state index contributed by atoms with van der Waals surface area (Å²) in [7, 11) is 0. The fourth-order valence-corrected chi connectivity index (χ4v) is 3.09. The predicted molar refractivity (Wildman–Crippen MR) is 98.4 cm³/mol. The topological polar surface area (TPSA) is 20.3 Å². The van der Waals surface area contributed by atoms with E-state index in [9.17, 15) is 4.79 Å². The van der Waals surface area contributed by atoms with Crippen LogP contribution < -0.4 is 4.90 Å². The first-order valence-corrected chi connectivity index (χ1v) is 8.05. The van der Waals surface area contributed by atoms with Gasteiger partial charge < -0.3 is 4.90 Å². The summed E-state index contributed by atoms with van der Waals surface area (Å²) >= 11 is 0. The third kappa shape index (κ3) is 2.63. The lowest BCUT2D eigenvalue weighted by Crippen LogP contribution is -2.25. The Labute approximate surface area is 141 Å². The molecule has 1 aliphatic heterocycles. The van der Waals surface area contributed by atoms with E-state index in [1.807, 2.05) is 83.8 Å². The van der Waals surface area contributed by atoms with Gasteiger partial charge in [-0.25, -0.2) is 0 Å². The Balaban J connectivity index is 1.76. The van der Waals surface area contributed by atoms with Crippen molar-refractivity contribution < 1.29 is 4.79 Å². The van der Waals surface area contributed by atoms with Crippen molar-refractivity contribution in [2.45, 2.75) is 6.54 Å². The summed E-state index contributed by atoms with van der Waals surface area (Å²) in [6.45, 7) is 0.586. The van der Waals surface area contributed by atoms with Gasteiger partial charge in [0.1, 0.15) is 0 Å². The second-order valence-corrected chi connectivity index (χ2v) is 5.86. The highest BCUT2D eigenvalue weighted by molar-refractivity contribution is 6.35. The lowest BCUT2D eigenvalue weighted by Gasteiger charge is -2.17. The highest BCUT2D eigenvalue weighted by atomic mass is 16.2. The molecule has 2 heteroatoms. The summed E-state index contributed by atoms with van der Waals surface area (Å²) in [5, 5.41) is 0. The molecular formula is C22H17NO. The number of carbonyl (C=O) groups excluding carboxylic acids is 1. The Hall–Kier alpha value is -3.13. The van der Waals surface area contributed by atoms with Crippen LogP contribution in [0.3, 0.4) is 0 Å². The number of hydrogen-bond acceptors (Lipinski definition) is 1. The van der Waals surface area contributed by atoms with Crippen LogP contribution >= 0.6 is 0 Å². The minimum Gasteiger partial charge on any atom is -0.303 e. The van der Waals surface area contributed by atoms with Crippen molar-refractivity contribution in [2.24, 2.45) is 0 Å². The van der Waals surface area contributed by atoms with E-state index in [4.69, 9.17) is 0 Å². The maximum atomic E-state index is 13.0. The standard InChI is InChI=1S/C22H17NO/c24-22-20(15-17-9-3-1-4-10-17)19-13-7-8-14-21(19)23(22)16-18-11-5-2-6-12-18/h1-15H,16H2/b20-15-. The number of carbonyl (C=O) groups is 1. The maximum absolute atomic E-state index is 13.0. The van der Waals surface area contributed by atoms with E-state index in [2.05, 4.69) is 12.1 Å². The van der Waals surface area contributed by atoms with Crippen LogP contribution in [-0.4, -0.2) is 5.91 Å². The third-order valence-corrected chi connectivity index (χ3v) is 4.25. The molecule has 1 amide bonds. The van der Waals surface area contributed by atoms with Gasteiger partial charge in [-0.3, -0.25) is 4.79 Å². The van der Waals surface area contributed by atoms with Gasteiger partial charge >= 0.3 is 0 Å². The van der Waals surface area contributed by atoms with Crippen LogP contribution in [0.4, 0.5) is 5.69 Å². The summed E-state index contributed by atoms with van der Waals surface area (Å²) in [6.07, 6.45) is 1.98. The molecule has 1 aliphatic rings. The SMILES string of the molecule is O=C1/C(=C\c2ccccc2)c2ccccc2N1Cc1ccccc1. The van der Waals surface area contributed by atoms with Crippen molar-refractivity contribution in [3.63, 3.8) is 0 Å². The zero-order valence-corrected chi connectivity index (χ0v) is 13.2. The zero-order chi connectivity index (χ0) is 16.4. The number of hydrogen-bond donors (Lipinski definition) is 0. The first kappa shape index (κ1) is 14.5. The summed E-state index contributed by atoms with van der Waals surface area (Å²) in [5.74, 6) is 0.0592. The van der Waals surface area contributed by atoms with Gasteiger partial charge in [-0.2, -0.15) is 0 Å². The van der Waals surface area contributed by atoms with Crippen LogP contribution in [0.2, 0.25) is 0 Å². The molecule has 0 fully saturated rings. The number of para-hydroxylation sites is 1. The average Bonchev–Trinajstić information content (AvgIpc) is 2.90. The molecule has 0 spiro atoms. The number of nitrogens with zero attached hydrogens (tertiary/aromatic N) is 1. The van der Waals surface area contributed by atoms with Gasteiger partial charge in [-0.15, -0.1) is 0 Å². The Bertz CT molecular complexity index is 898. The fraction of sp³-hybridized carbons (Fsp3) is 0.0455. The van der Waals surface area contributed by atoms with Gasteiger partial charge in [0, 0.05) is 11.1 Å². The van der Waals surface area contributed by atoms with Gasteiger partial charge in [0.15, 0.2) is 0 Å². The molecule has 0 bridgehead atoms. The van der Waals surface area contributed by atoms with Gasteiger partial charge in [-0.1, -0.05) is 78.9 Å². The molecule has 3 aromatic rings. The van der Waals surface area contributed by atoms with Crippen LogP contribution in [0.25, 0.3) is 11.6 Å². The van der Waals surface area contributed by atoms with Crippen molar-refractivity contribution in [3.05, 3.63) is 102 Å². The van der Waals surface area contributed by atoms with E-state index in [0.717, 1.165) is 28.0 Å². The lowest BCUT2D eigenvalue weighted by atomic mass is 10.0. The smallest absolute Gasteiger partial charge is 0.259 e. The first-order chi connectivity index (χ1) is 11.8. The van der Waals surface area contributed by atoms with Crippen molar-refractivity contribution in [3.8, 4) is 0 Å². The lowest BCUT2D eigenvalue weighted by molar-refractivity contribution is -0.113. The number of fused-ring (bicyclic) bond motifs is 1. The van der Waals surface area contributed by atoms with Crippen molar-refractivity contribution in [1.82, 2.24) is 0 Å². The molecule has 0 N–H and O–H groups in total. The van der Waals surface area contributed by atoms with E-state index in [1.54, 1.807) is 0 Å². The molecule has 0 unspecified atom stereocenters. The minimum atomic E-state index is 0.0592. The summed E-state index contributed by atoms with van der Waals surface area (Å²) in [6, 6.07) is 28.1. The molecule has 0 aromatic heterocycles. The zero-order valence-electron chi connectivity index (χ0n) is 13.2. The second kappa shape index (κ2) is 6.17. The minimum absolute atomic E-state index is 0.0592. The highest BCUT2D eigenvalue weighted by Gasteiger charge is 2.31. The molecule has 0 aliphatic carbocycles. The van der Waals surface area contributed by atoms with Crippen molar-refractivity contribution in [1.29, 1.82) is 0 Å². The number of benzene rings is 3. The first-order valence-electron chi connectivity index (χ1n) is 8.05. The third-order valence-electron chi connectivity index (χ3n) is 4.25. The van der Waals surface area contributed by atoms with E-state index in [-0.39, 0.29) is 5.91 Å². The predicted octanol–water partition coefficient (Wildman–Crippen LogP) is 4.77. The van der Waals surface area contributed by atoms with Gasteiger partial charge in [-0.05, 0) is 23.3 Å². The molecule has 0 saturated heterocycles. The molecule has 0 saturated carbocycles. The molecule has 0 atom stereocenters. The van der Waals surface area contributed by atoms with Gasteiger partial charge in [0.25, 0.3) is 5.91 Å². The van der Waals surface area contributed by atoms with Gasteiger partial charge in [0.2, 0.25) is 0 Å². The number of anilines is 1. The average molecular weight is 311 g/mol. The summed E-state index contributed by atoms with van der Waals surface area (Å²) in [5.41, 5.74) is 4.90. The van der Waals surface area contributed by atoms with Crippen LogP contribution in [0.15, 0.2) is 84.9 Å². The van der Waals surface area contributed by atoms with Gasteiger partial charge in [0.05, 0.1) is 12.2 Å². The summed E-state index contributed by atoms with van der Waals surface area (Å²) < 4.78 is 0. The Kier molecular flexibility index (Phi) is 3.72. The molecule has 1 heterocycles. The van der Waals surface area contributed by atoms with Crippen molar-refractivity contribution >= 4 is 23.2 Å². The Morgan fingerprint density at radius 1 is 0.750 bits per heavy atom. The van der Waals surface area contributed by atoms with E-state index in [0.29, 0.717) is 6.54 Å². The number of amides is 1. The normalized spacial score (nSPS) is 14.9. The van der Waals surface area contributed by atoms with Crippen LogP contribution in [-0.2, 0) is 11.3 Å². The highest BCUT2D eigenvalue weighted by Crippen LogP contribution is 2.38. The second-order valence-electron chi connectivity index (χ2n) is 5.86. The molecule has 3 aromatic carbocycles. The molecule has 116 valence electrons. The summed E-state index contributed by atoms with van der Waals surface area (Å²) in [4.78, 5) is 14.9. The number of rotatable bonds is 3. The van der Waals surface area contributed by atoms with Crippen LogP contribution in [0.5, 0.6) is 0 Å². The molecule has 24 heavy (non-hydrogen) atoms. The largest absolute Gasteiger partial charge is 0.303 e. The van der Waals surface area contributed by atoms with Crippen molar-refractivity contribution in [2.75, 3.05) is 4.90 Å². The fourth-order valence-electron chi connectivity index (χ4n) is 3.09. The Morgan fingerprint density at radius 2 is 1.38 bits per heavy atom. The molecule has 2 nitrogen and oxygen atoms in total. The molecular weight excluding hydrogens is 294 g/mol.